The van der Waals surface area contributed by atoms with Gasteiger partial charge in [-0.25, -0.2) is 0 Å². The van der Waals surface area contributed by atoms with Crippen molar-refractivity contribution in [1.82, 2.24) is 4.90 Å². The Labute approximate surface area is 99.5 Å². The Morgan fingerprint density at radius 1 is 1.06 bits per heavy atom. The maximum atomic E-state index is 6.37. The van der Waals surface area contributed by atoms with Gasteiger partial charge in [-0.15, -0.1) is 0 Å². The van der Waals surface area contributed by atoms with Crippen molar-refractivity contribution in [3.63, 3.8) is 0 Å². The van der Waals surface area contributed by atoms with Gasteiger partial charge in [0.05, 0.1) is 0 Å². The number of aryl methyl sites for hydroxylation is 2. The van der Waals surface area contributed by atoms with Crippen molar-refractivity contribution >= 4 is 0 Å². The van der Waals surface area contributed by atoms with E-state index in [9.17, 15) is 0 Å². The summed E-state index contributed by atoms with van der Waals surface area (Å²) < 4.78 is 0. The second kappa shape index (κ2) is 4.56. The van der Waals surface area contributed by atoms with Crippen molar-refractivity contribution in [3.05, 3.63) is 34.9 Å². The molecule has 0 heterocycles. The Bertz CT molecular complexity index is 347. The molecule has 0 amide bonds. The minimum absolute atomic E-state index is 0.0288. The lowest BCUT2D eigenvalue weighted by atomic mass is 9.87. The summed E-state index contributed by atoms with van der Waals surface area (Å²) in [5.74, 6) is 0. The van der Waals surface area contributed by atoms with Gasteiger partial charge in [0.15, 0.2) is 0 Å². The maximum absolute atomic E-state index is 6.37. The van der Waals surface area contributed by atoms with Gasteiger partial charge in [0.1, 0.15) is 0 Å². The number of nitrogens with zero attached hydrogens (tertiary/aromatic N) is 1. The number of hydrogen-bond donors (Lipinski definition) is 1. The zero-order valence-electron chi connectivity index (χ0n) is 11.3. The number of rotatable bonds is 3. The molecule has 0 saturated carbocycles. The van der Waals surface area contributed by atoms with Gasteiger partial charge in [-0.3, -0.25) is 0 Å². The first kappa shape index (κ1) is 13.2. The third-order valence-electron chi connectivity index (χ3n) is 3.52. The van der Waals surface area contributed by atoms with E-state index >= 15 is 0 Å². The third-order valence-corrected chi connectivity index (χ3v) is 3.52. The Kier molecular flexibility index (Phi) is 3.76. The van der Waals surface area contributed by atoms with Crippen molar-refractivity contribution in [2.45, 2.75) is 39.3 Å². The van der Waals surface area contributed by atoms with Crippen molar-refractivity contribution in [3.8, 4) is 0 Å². The SMILES string of the molecule is Cc1cc(C)cc(C(N)C(C)(C)N(C)C)c1. The smallest absolute Gasteiger partial charge is 0.0476 e. The molecule has 2 nitrogen and oxygen atoms in total. The molecule has 0 aliphatic rings. The van der Waals surface area contributed by atoms with Crippen LogP contribution in [0.25, 0.3) is 0 Å². The highest BCUT2D eigenvalue weighted by Gasteiger charge is 2.29. The topological polar surface area (TPSA) is 29.3 Å². The van der Waals surface area contributed by atoms with Gasteiger partial charge in [-0.2, -0.15) is 0 Å². The molecule has 0 spiro atoms. The summed E-state index contributed by atoms with van der Waals surface area (Å²) in [6.07, 6.45) is 0. The average Bonchev–Trinajstić information content (AvgIpc) is 2.14. The molecule has 0 aliphatic heterocycles. The van der Waals surface area contributed by atoms with Crippen LogP contribution in [0.5, 0.6) is 0 Å². The second-order valence-corrected chi connectivity index (χ2v) is 5.45. The van der Waals surface area contributed by atoms with E-state index < -0.39 is 0 Å². The quantitative estimate of drug-likeness (QED) is 0.848. The van der Waals surface area contributed by atoms with Crippen LogP contribution < -0.4 is 5.73 Å². The summed E-state index contributed by atoms with van der Waals surface area (Å²) >= 11 is 0. The van der Waals surface area contributed by atoms with Crippen LogP contribution in [0.15, 0.2) is 18.2 Å². The standard InChI is InChI=1S/C14H24N2/c1-10-7-11(2)9-12(8-10)13(15)14(3,4)16(5)6/h7-9,13H,15H2,1-6H3. The van der Waals surface area contributed by atoms with Crippen molar-refractivity contribution in [2.75, 3.05) is 14.1 Å². The molecule has 0 bridgehead atoms. The van der Waals surface area contributed by atoms with E-state index in [0.717, 1.165) is 0 Å². The van der Waals surface area contributed by atoms with Crippen LogP contribution in [0.2, 0.25) is 0 Å². The fourth-order valence-electron chi connectivity index (χ4n) is 1.88. The number of hydrogen-bond acceptors (Lipinski definition) is 2. The second-order valence-electron chi connectivity index (χ2n) is 5.45. The van der Waals surface area contributed by atoms with Gasteiger partial charge in [-0.05, 0) is 47.4 Å². The molecule has 2 N–H and O–H groups in total. The van der Waals surface area contributed by atoms with Crippen LogP contribution >= 0.6 is 0 Å². The van der Waals surface area contributed by atoms with Crippen LogP contribution in [0.1, 0.15) is 36.6 Å². The minimum atomic E-state index is -0.0414. The van der Waals surface area contributed by atoms with E-state index in [1.807, 2.05) is 0 Å². The molecule has 1 atom stereocenters. The molecule has 0 fully saturated rings. The maximum Gasteiger partial charge on any atom is 0.0476 e. The van der Waals surface area contributed by atoms with E-state index in [2.05, 4.69) is 64.9 Å². The van der Waals surface area contributed by atoms with Crippen molar-refractivity contribution in [1.29, 1.82) is 0 Å². The third kappa shape index (κ3) is 2.63. The summed E-state index contributed by atoms with van der Waals surface area (Å²) in [5, 5.41) is 0. The highest BCUT2D eigenvalue weighted by atomic mass is 15.2. The van der Waals surface area contributed by atoms with Gasteiger partial charge in [0.2, 0.25) is 0 Å². The van der Waals surface area contributed by atoms with E-state index in [4.69, 9.17) is 5.73 Å². The summed E-state index contributed by atoms with van der Waals surface area (Å²) in [6, 6.07) is 6.58. The Morgan fingerprint density at radius 2 is 1.50 bits per heavy atom. The van der Waals surface area contributed by atoms with E-state index in [0.29, 0.717) is 0 Å². The van der Waals surface area contributed by atoms with Crippen LogP contribution in [0.4, 0.5) is 0 Å². The fraction of sp³-hybridized carbons (Fsp3) is 0.571. The normalized spacial score (nSPS) is 14.2. The first-order valence-corrected chi connectivity index (χ1v) is 5.76. The molecule has 2 heteroatoms. The van der Waals surface area contributed by atoms with Crippen LogP contribution in [0.3, 0.4) is 0 Å². The molecule has 1 aromatic rings. The van der Waals surface area contributed by atoms with Crippen LogP contribution in [-0.2, 0) is 0 Å². The Hall–Kier alpha value is -0.860. The minimum Gasteiger partial charge on any atom is -0.322 e. The summed E-state index contributed by atoms with van der Waals surface area (Å²) in [5.41, 5.74) is 10.1. The predicted octanol–water partition coefficient (Wildman–Crippen LogP) is 2.64. The molecule has 0 saturated heterocycles. The molecule has 1 aromatic carbocycles. The average molecular weight is 220 g/mol. The molecule has 0 aromatic heterocycles. The van der Waals surface area contributed by atoms with Crippen molar-refractivity contribution in [2.24, 2.45) is 5.73 Å². The summed E-state index contributed by atoms with van der Waals surface area (Å²) in [6.45, 7) is 8.59. The van der Waals surface area contributed by atoms with Crippen molar-refractivity contribution < 1.29 is 0 Å². The highest BCUT2D eigenvalue weighted by Crippen LogP contribution is 2.28. The molecule has 16 heavy (non-hydrogen) atoms. The Balaban J connectivity index is 3.09. The largest absolute Gasteiger partial charge is 0.322 e. The van der Waals surface area contributed by atoms with Crippen LogP contribution in [0, 0.1) is 13.8 Å². The fourth-order valence-corrected chi connectivity index (χ4v) is 1.88. The Morgan fingerprint density at radius 3 is 1.88 bits per heavy atom. The molecule has 1 unspecified atom stereocenters. The van der Waals surface area contributed by atoms with E-state index in [1.54, 1.807) is 0 Å². The predicted molar refractivity (Wildman–Crippen MR) is 70.6 cm³/mol. The van der Waals surface area contributed by atoms with Gasteiger partial charge in [0, 0.05) is 11.6 Å². The summed E-state index contributed by atoms with van der Waals surface area (Å²) in [4.78, 5) is 2.18. The number of nitrogens with two attached hydrogens (primary N) is 1. The lowest BCUT2D eigenvalue weighted by Crippen LogP contribution is -2.47. The van der Waals surface area contributed by atoms with E-state index in [1.165, 1.54) is 16.7 Å². The van der Waals surface area contributed by atoms with Gasteiger partial charge >= 0.3 is 0 Å². The first-order valence-electron chi connectivity index (χ1n) is 5.76. The van der Waals surface area contributed by atoms with Crippen LogP contribution in [-0.4, -0.2) is 24.5 Å². The van der Waals surface area contributed by atoms with Gasteiger partial charge in [-0.1, -0.05) is 29.3 Å². The lowest BCUT2D eigenvalue weighted by Gasteiger charge is -2.38. The monoisotopic (exact) mass is 220 g/mol. The molecular weight excluding hydrogens is 196 g/mol. The highest BCUT2D eigenvalue weighted by molar-refractivity contribution is 5.32. The van der Waals surface area contributed by atoms with E-state index in [-0.39, 0.29) is 11.6 Å². The molecule has 0 aliphatic carbocycles. The molecule has 90 valence electrons. The number of benzene rings is 1. The number of likely N-dealkylation sites (N-methyl/N-ethyl adjacent to an activating group) is 1. The molecule has 1 rings (SSSR count). The first-order chi connectivity index (χ1) is 7.25. The zero-order valence-corrected chi connectivity index (χ0v) is 11.3. The lowest BCUT2D eigenvalue weighted by molar-refractivity contribution is 0.159. The van der Waals surface area contributed by atoms with Gasteiger partial charge < -0.3 is 10.6 Å². The summed E-state index contributed by atoms with van der Waals surface area (Å²) in [7, 11) is 4.14. The molecular formula is C14H24N2. The molecule has 0 radical (unpaired) electrons. The zero-order chi connectivity index (χ0) is 12.5. The van der Waals surface area contributed by atoms with Gasteiger partial charge in [0.25, 0.3) is 0 Å².